The molecule has 7 nitrogen and oxygen atoms in total. The molecule has 1 aliphatic carbocycles. The van der Waals surface area contributed by atoms with Crippen LogP contribution in [0.15, 0.2) is 29.3 Å². The third kappa shape index (κ3) is 3.60. The first-order chi connectivity index (χ1) is 12.2. The van der Waals surface area contributed by atoms with Crippen molar-refractivity contribution in [1.29, 1.82) is 0 Å². The monoisotopic (exact) mass is 340 g/mol. The quantitative estimate of drug-likeness (QED) is 0.656. The van der Waals surface area contributed by atoms with Crippen LogP contribution < -0.4 is 15.4 Å². The number of benzene rings is 1. The molecule has 25 heavy (non-hydrogen) atoms. The SMILES string of the molecule is Cc1nnc(CN=C(NC2CC2)NC2CCOc3ccccc32)n1C. The molecule has 1 fully saturated rings. The third-order valence-electron chi connectivity index (χ3n) is 4.75. The van der Waals surface area contributed by atoms with E-state index in [4.69, 9.17) is 9.73 Å². The van der Waals surface area contributed by atoms with Gasteiger partial charge in [0, 0.05) is 25.1 Å². The van der Waals surface area contributed by atoms with Crippen LogP contribution in [0.4, 0.5) is 0 Å². The lowest BCUT2D eigenvalue weighted by Crippen LogP contribution is -2.42. The van der Waals surface area contributed by atoms with Crippen molar-refractivity contribution in [2.75, 3.05) is 6.61 Å². The molecule has 1 aliphatic heterocycles. The van der Waals surface area contributed by atoms with Gasteiger partial charge in [0.25, 0.3) is 0 Å². The maximum Gasteiger partial charge on any atom is 0.192 e. The highest BCUT2D eigenvalue weighted by Crippen LogP contribution is 2.31. The van der Waals surface area contributed by atoms with Crippen LogP contribution in [0.1, 0.15) is 42.5 Å². The van der Waals surface area contributed by atoms with Gasteiger partial charge >= 0.3 is 0 Å². The van der Waals surface area contributed by atoms with Gasteiger partial charge in [-0.25, -0.2) is 4.99 Å². The van der Waals surface area contributed by atoms with Crippen LogP contribution in [0.25, 0.3) is 0 Å². The zero-order valence-corrected chi connectivity index (χ0v) is 14.7. The number of nitrogens with zero attached hydrogens (tertiary/aromatic N) is 4. The van der Waals surface area contributed by atoms with Gasteiger partial charge in [-0.3, -0.25) is 0 Å². The van der Waals surface area contributed by atoms with Crippen LogP contribution in [0.5, 0.6) is 5.75 Å². The molecule has 0 amide bonds. The van der Waals surface area contributed by atoms with Crippen molar-refractivity contribution in [1.82, 2.24) is 25.4 Å². The molecule has 7 heteroatoms. The first-order valence-corrected chi connectivity index (χ1v) is 8.85. The van der Waals surface area contributed by atoms with E-state index in [2.05, 4.69) is 33.0 Å². The zero-order chi connectivity index (χ0) is 17.2. The summed E-state index contributed by atoms with van der Waals surface area (Å²) in [6.45, 7) is 3.17. The van der Waals surface area contributed by atoms with Gasteiger partial charge in [0.2, 0.25) is 0 Å². The van der Waals surface area contributed by atoms with Gasteiger partial charge in [-0.15, -0.1) is 10.2 Å². The lowest BCUT2D eigenvalue weighted by atomic mass is 10.0. The molecular formula is C18H24N6O. The third-order valence-corrected chi connectivity index (χ3v) is 4.75. The van der Waals surface area contributed by atoms with Crippen molar-refractivity contribution >= 4 is 5.96 Å². The van der Waals surface area contributed by atoms with E-state index in [1.165, 1.54) is 18.4 Å². The standard InChI is InChI=1S/C18H24N6O/c1-12-22-23-17(24(12)2)11-19-18(20-13-7-8-13)21-15-9-10-25-16-6-4-3-5-14(15)16/h3-6,13,15H,7-11H2,1-2H3,(H2,19,20,21). The number of aryl methyl sites for hydroxylation is 1. The van der Waals surface area contributed by atoms with Crippen molar-refractivity contribution in [3.05, 3.63) is 41.5 Å². The van der Waals surface area contributed by atoms with Crippen LogP contribution >= 0.6 is 0 Å². The van der Waals surface area contributed by atoms with Crippen molar-refractivity contribution < 1.29 is 4.74 Å². The smallest absolute Gasteiger partial charge is 0.192 e. The number of para-hydroxylation sites is 1. The highest BCUT2D eigenvalue weighted by atomic mass is 16.5. The Labute approximate surface area is 147 Å². The minimum atomic E-state index is 0.205. The van der Waals surface area contributed by atoms with Crippen molar-refractivity contribution in [2.24, 2.45) is 12.0 Å². The average molecular weight is 340 g/mol. The van der Waals surface area contributed by atoms with Gasteiger partial charge in [0.05, 0.1) is 12.6 Å². The second-order valence-corrected chi connectivity index (χ2v) is 6.68. The Morgan fingerprint density at radius 2 is 2.08 bits per heavy atom. The first-order valence-electron chi connectivity index (χ1n) is 8.85. The number of aliphatic imine (C=N–C) groups is 1. The Hall–Kier alpha value is -2.57. The van der Waals surface area contributed by atoms with Crippen LogP contribution in [0.3, 0.4) is 0 Å². The van der Waals surface area contributed by atoms with Crippen molar-refractivity contribution in [2.45, 2.75) is 44.8 Å². The van der Waals surface area contributed by atoms with Gasteiger partial charge in [0.15, 0.2) is 11.8 Å². The minimum absolute atomic E-state index is 0.205. The summed E-state index contributed by atoms with van der Waals surface area (Å²) in [6.07, 6.45) is 3.33. The maximum absolute atomic E-state index is 5.75. The fourth-order valence-electron chi connectivity index (χ4n) is 2.95. The number of fused-ring (bicyclic) bond motifs is 1. The maximum atomic E-state index is 5.75. The zero-order valence-electron chi connectivity index (χ0n) is 14.7. The van der Waals surface area contributed by atoms with E-state index >= 15 is 0 Å². The summed E-state index contributed by atoms with van der Waals surface area (Å²) in [5.74, 6) is 3.56. The summed E-state index contributed by atoms with van der Waals surface area (Å²) >= 11 is 0. The van der Waals surface area contributed by atoms with Crippen LogP contribution in [-0.4, -0.2) is 33.4 Å². The summed E-state index contributed by atoms with van der Waals surface area (Å²) in [7, 11) is 1.97. The van der Waals surface area contributed by atoms with E-state index in [0.29, 0.717) is 19.2 Å². The number of aromatic nitrogens is 3. The Kier molecular flexibility index (Phi) is 4.29. The molecule has 0 saturated heterocycles. The molecule has 2 aliphatic rings. The van der Waals surface area contributed by atoms with Gasteiger partial charge in [-0.1, -0.05) is 18.2 Å². The topological polar surface area (TPSA) is 76.4 Å². The molecule has 1 atom stereocenters. The number of hydrogen-bond donors (Lipinski definition) is 2. The molecule has 132 valence electrons. The van der Waals surface area contributed by atoms with E-state index in [1.807, 2.05) is 30.7 Å². The summed E-state index contributed by atoms with van der Waals surface area (Å²) < 4.78 is 7.73. The van der Waals surface area contributed by atoms with Crippen molar-refractivity contribution in [3.8, 4) is 5.75 Å². The summed E-state index contributed by atoms with van der Waals surface area (Å²) in [5.41, 5.74) is 1.19. The van der Waals surface area contributed by atoms with Gasteiger partial charge in [-0.2, -0.15) is 0 Å². The molecule has 4 rings (SSSR count). The average Bonchev–Trinajstić information content (AvgIpc) is 3.39. The molecule has 2 N–H and O–H groups in total. The van der Waals surface area contributed by atoms with E-state index in [-0.39, 0.29) is 6.04 Å². The Morgan fingerprint density at radius 1 is 1.24 bits per heavy atom. The highest BCUT2D eigenvalue weighted by molar-refractivity contribution is 5.81. The number of ether oxygens (including phenoxy) is 1. The number of nitrogens with one attached hydrogen (secondary N) is 2. The fraction of sp³-hybridized carbons (Fsp3) is 0.500. The first kappa shape index (κ1) is 15.9. The van der Waals surface area contributed by atoms with Crippen LogP contribution in [0.2, 0.25) is 0 Å². The van der Waals surface area contributed by atoms with Gasteiger partial charge in [-0.05, 0) is 25.8 Å². The number of hydrogen-bond acceptors (Lipinski definition) is 4. The number of rotatable bonds is 4. The molecule has 2 aromatic rings. The molecule has 0 spiro atoms. The van der Waals surface area contributed by atoms with Gasteiger partial charge < -0.3 is 19.9 Å². The molecule has 1 saturated carbocycles. The largest absolute Gasteiger partial charge is 0.493 e. The molecule has 0 radical (unpaired) electrons. The molecule has 1 unspecified atom stereocenters. The molecule has 1 aromatic heterocycles. The summed E-state index contributed by atoms with van der Waals surface area (Å²) in [6, 6.07) is 8.94. The number of guanidine groups is 1. The Morgan fingerprint density at radius 3 is 2.84 bits per heavy atom. The fourth-order valence-corrected chi connectivity index (χ4v) is 2.95. The molecular weight excluding hydrogens is 316 g/mol. The molecule has 1 aromatic carbocycles. The van der Waals surface area contributed by atoms with Crippen LogP contribution in [0, 0.1) is 6.92 Å². The van der Waals surface area contributed by atoms with Crippen molar-refractivity contribution in [3.63, 3.8) is 0 Å². The highest BCUT2D eigenvalue weighted by Gasteiger charge is 2.26. The van der Waals surface area contributed by atoms with E-state index in [1.54, 1.807) is 0 Å². The lowest BCUT2D eigenvalue weighted by Gasteiger charge is -2.28. The molecule has 0 bridgehead atoms. The minimum Gasteiger partial charge on any atom is -0.493 e. The van der Waals surface area contributed by atoms with E-state index in [0.717, 1.165) is 29.8 Å². The predicted molar refractivity (Wildman–Crippen MR) is 95.5 cm³/mol. The molecule has 2 heterocycles. The normalized spacial score (nSPS) is 19.9. The summed E-state index contributed by atoms with van der Waals surface area (Å²) in [4.78, 5) is 4.75. The van der Waals surface area contributed by atoms with Crippen LogP contribution in [-0.2, 0) is 13.6 Å². The van der Waals surface area contributed by atoms with Gasteiger partial charge in [0.1, 0.15) is 18.1 Å². The second-order valence-electron chi connectivity index (χ2n) is 6.68. The Bertz CT molecular complexity index is 780. The predicted octanol–water partition coefficient (Wildman–Crippen LogP) is 1.84. The Balaban J connectivity index is 1.51. The van der Waals surface area contributed by atoms with E-state index in [9.17, 15) is 0 Å². The second kappa shape index (κ2) is 6.74. The summed E-state index contributed by atoms with van der Waals surface area (Å²) in [5, 5.41) is 15.4. The lowest BCUT2D eigenvalue weighted by molar-refractivity contribution is 0.261. The van der Waals surface area contributed by atoms with E-state index < -0.39 is 0 Å².